The molecule has 8 heterocycles. The van der Waals surface area contributed by atoms with Gasteiger partial charge in [0, 0.05) is 96.8 Å². The van der Waals surface area contributed by atoms with Crippen LogP contribution in [0.3, 0.4) is 0 Å². The Morgan fingerprint density at radius 2 is 0.954 bits per heavy atom. The first-order chi connectivity index (χ1) is 31.6. The van der Waals surface area contributed by atoms with Gasteiger partial charge in [-0.05, 0) is 54.7 Å². The van der Waals surface area contributed by atoms with Crippen molar-refractivity contribution in [1.29, 1.82) is 5.26 Å². The van der Waals surface area contributed by atoms with Crippen LogP contribution in [0.5, 0.6) is 0 Å². The van der Waals surface area contributed by atoms with Gasteiger partial charge >= 0.3 is 0 Å². The molecule has 16 rings (SSSR count). The van der Waals surface area contributed by atoms with E-state index in [1.807, 2.05) is 42.5 Å². The lowest BCUT2D eigenvalue weighted by atomic mass is 9.92. The van der Waals surface area contributed by atoms with Gasteiger partial charge in [0.1, 0.15) is 11.1 Å². The molecule has 8 N–H and O–H groups in total. The monoisotopic (exact) mass is 852 g/mol. The van der Waals surface area contributed by atoms with Gasteiger partial charge < -0.3 is 46.1 Å². The zero-order valence-electron chi connectivity index (χ0n) is 35.0. The van der Waals surface area contributed by atoms with E-state index in [1.165, 1.54) is 0 Å². The SMILES string of the molecule is N#C[C@@]1(N)C[C@H]2C[C@@H]1n1c3ccccc3c3c4c(c5c6ccccc6n2c5c31)C(=O)NC4.NC(=O)[C@@]1(N)C[C@H]2C[C@@H]1n1c3ccccc3c3c4c(c5c6ccccc6n2c5c31)C(=O)NC4. The van der Waals surface area contributed by atoms with Crippen molar-refractivity contribution >= 4 is 105 Å². The summed E-state index contributed by atoms with van der Waals surface area (Å²) in [7, 11) is 0. The topological polar surface area (TPSA) is 197 Å². The highest BCUT2D eigenvalue weighted by Gasteiger charge is 2.54. The molecule has 4 aromatic heterocycles. The molecule has 4 bridgehead atoms. The maximum atomic E-state index is 13.2. The number of benzene rings is 6. The van der Waals surface area contributed by atoms with E-state index in [-0.39, 0.29) is 36.0 Å². The number of carbonyl (C=O) groups excluding carboxylic acids is 3. The minimum atomic E-state index is -1.15. The van der Waals surface area contributed by atoms with E-state index in [9.17, 15) is 19.6 Å². The Balaban J connectivity index is 0.000000120. The van der Waals surface area contributed by atoms with E-state index >= 15 is 0 Å². The average Bonchev–Trinajstić information content (AvgIpc) is 4.19. The number of fused-ring (bicyclic) bond motifs is 26. The van der Waals surface area contributed by atoms with E-state index in [0.717, 1.165) is 116 Å². The van der Waals surface area contributed by atoms with Crippen LogP contribution >= 0.6 is 0 Å². The first kappa shape index (κ1) is 35.8. The molecule has 2 fully saturated rings. The van der Waals surface area contributed by atoms with Crippen molar-refractivity contribution in [3.63, 3.8) is 0 Å². The van der Waals surface area contributed by atoms with Gasteiger partial charge in [-0.15, -0.1) is 0 Å². The molecule has 6 atom stereocenters. The van der Waals surface area contributed by atoms with Crippen molar-refractivity contribution < 1.29 is 14.4 Å². The zero-order chi connectivity index (χ0) is 43.6. The van der Waals surface area contributed by atoms with E-state index in [4.69, 9.17) is 17.2 Å². The summed E-state index contributed by atoms with van der Waals surface area (Å²) in [6.07, 6.45) is 2.58. The zero-order valence-corrected chi connectivity index (χ0v) is 35.0. The van der Waals surface area contributed by atoms with Crippen LogP contribution in [0, 0.1) is 11.3 Å². The van der Waals surface area contributed by atoms with Crippen LogP contribution in [-0.4, -0.2) is 47.1 Å². The number of nitriles is 1. The number of hydrogen-bond donors (Lipinski definition) is 5. The number of nitrogens with zero attached hydrogens (tertiary/aromatic N) is 5. The van der Waals surface area contributed by atoms with Gasteiger partial charge in [-0.3, -0.25) is 14.4 Å². The van der Waals surface area contributed by atoms with Crippen LogP contribution in [0.1, 0.15) is 81.7 Å². The van der Waals surface area contributed by atoms with Crippen molar-refractivity contribution in [2.75, 3.05) is 0 Å². The molecule has 0 saturated heterocycles. The number of amides is 3. The molecule has 10 aromatic rings. The first-order valence-electron chi connectivity index (χ1n) is 22.5. The largest absolute Gasteiger partial charge is 0.368 e. The molecular formula is C52H40N10O3. The summed E-state index contributed by atoms with van der Waals surface area (Å²) < 4.78 is 9.33. The van der Waals surface area contributed by atoms with E-state index < -0.39 is 17.0 Å². The fraction of sp³-hybridized carbons (Fsp3) is 0.231. The van der Waals surface area contributed by atoms with Crippen molar-refractivity contribution in [1.82, 2.24) is 28.9 Å². The quantitative estimate of drug-likeness (QED) is 0.114. The minimum absolute atomic E-state index is 0.00115. The maximum Gasteiger partial charge on any atom is 0.252 e. The van der Waals surface area contributed by atoms with Crippen LogP contribution < -0.4 is 27.8 Å². The number of aromatic nitrogens is 4. The third-order valence-electron chi connectivity index (χ3n) is 16.5. The molecule has 2 aliphatic carbocycles. The number of nitrogens with two attached hydrogens (primary N) is 3. The van der Waals surface area contributed by atoms with Gasteiger partial charge in [-0.25, -0.2) is 0 Å². The molecule has 4 aliphatic heterocycles. The second-order valence-corrected chi connectivity index (χ2v) is 19.3. The van der Waals surface area contributed by atoms with Crippen LogP contribution in [0.2, 0.25) is 0 Å². The summed E-state index contributed by atoms with van der Waals surface area (Å²) in [5.41, 5.74) is 29.8. The van der Waals surface area contributed by atoms with Crippen LogP contribution in [-0.2, 0) is 17.9 Å². The molecule has 316 valence electrons. The Labute approximate surface area is 368 Å². The molecule has 3 amide bonds. The van der Waals surface area contributed by atoms with E-state index in [2.05, 4.69) is 89.6 Å². The molecule has 65 heavy (non-hydrogen) atoms. The smallest absolute Gasteiger partial charge is 0.252 e. The van der Waals surface area contributed by atoms with Gasteiger partial charge in [0.15, 0.2) is 0 Å². The highest BCUT2D eigenvalue weighted by Crippen LogP contribution is 2.58. The molecule has 2 saturated carbocycles. The molecule has 0 spiro atoms. The normalized spacial score (nSPS) is 25.6. The molecule has 0 unspecified atom stereocenters. The number of nitrogens with one attached hydrogen (secondary N) is 2. The third-order valence-corrected chi connectivity index (χ3v) is 16.5. The minimum Gasteiger partial charge on any atom is -0.368 e. The van der Waals surface area contributed by atoms with Gasteiger partial charge in [0.2, 0.25) is 5.91 Å². The number of rotatable bonds is 1. The van der Waals surface area contributed by atoms with Gasteiger partial charge in [0.05, 0.1) is 51.3 Å². The van der Waals surface area contributed by atoms with Crippen LogP contribution in [0.25, 0.3) is 87.2 Å². The lowest BCUT2D eigenvalue weighted by Crippen LogP contribution is -2.55. The molecule has 13 nitrogen and oxygen atoms in total. The van der Waals surface area contributed by atoms with Crippen LogP contribution in [0.15, 0.2) is 97.1 Å². The summed E-state index contributed by atoms with van der Waals surface area (Å²) in [5, 5.41) is 24.9. The molecule has 0 radical (unpaired) electrons. The van der Waals surface area contributed by atoms with Crippen molar-refractivity contribution in [3.8, 4) is 6.07 Å². The number of hydrogen-bond acceptors (Lipinski definition) is 6. The van der Waals surface area contributed by atoms with E-state index in [0.29, 0.717) is 32.4 Å². The predicted molar refractivity (Wildman–Crippen MR) is 250 cm³/mol. The standard InChI is InChI=1S/C26H21N5O2.C26H19N5O/c27-25(33)26(28)10-12-9-18(26)31-17-8-4-1-5-13(17)19-15-11-29-24(32)21(15)20-14-6-2-3-7-16(14)30(12)23(20)22(19)31;27-12-26(28)10-13-9-19(26)31-18-8-4-1-5-14(18)20-16-11-29-25(32)22(16)21-15-6-2-3-7-17(15)30(13)24(21)23(20)31/h1-8,12,18H,9-11,28H2,(H2,27,33)(H,29,32);1-8,13,19H,9-11,28H2,(H,29,32)/t12-,18+,26-;13-,19+,26+/m11/s1. The van der Waals surface area contributed by atoms with Crippen LogP contribution in [0.4, 0.5) is 0 Å². The lowest BCUT2D eigenvalue weighted by Gasteiger charge is -2.31. The van der Waals surface area contributed by atoms with Crippen molar-refractivity contribution in [2.24, 2.45) is 17.2 Å². The number of carbonyl (C=O) groups is 3. The van der Waals surface area contributed by atoms with Gasteiger partial charge in [-0.2, -0.15) is 5.26 Å². The van der Waals surface area contributed by atoms with Gasteiger partial charge in [0.25, 0.3) is 11.8 Å². The Hall–Kier alpha value is -7.66. The number of primary amides is 1. The maximum absolute atomic E-state index is 13.2. The molecule has 13 heteroatoms. The summed E-state index contributed by atoms with van der Waals surface area (Å²) in [6, 6.07) is 35.4. The Kier molecular flexibility index (Phi) is 6.34. The summed E-state index contributed by atoms with van der Waals surface area (Å²) in [5.74, 6) is -0.484. The Bertz CT molecular complexity index is 4030. The van der Waals surface area contributed by atoms with E-state index in [1.54, 1.807) is 0 Å². The highest BCUT2D eigenvalue weighted by molar-refractivity contribution is 6.32. The average molecular weight is 853 g/mol. The molecular weight excluding hydrogens is 813 g/mol. The number of para-hydroxylation sites is 4. The molecule has 6 aliphatic rings. The lowest BCUT2D eigenvalue weighted by molar-refractivity contribution is -0.124. The summed E-state index contributed by atoms with van der Waals surface area (Å²) >= 11 is 0. The fourth-order valence-corrected chi connectivity index (χ4v) is 14.0. The fourth-order valence-electron chi connectivity index (χ4n) is 14.0. The van der Waals surface area contributed by atoms with Crippen molar-refractivity contribution in [3.05, 3.63) is 119 Å². The summed E-state index contributed by atoms with van der Waals surface area (Å²) in [6.45, 7) is 1.01. The molecule has 6 aromatic carbocycles. The second kappa shape index (κ2) is 11.5. The Morgan fingerprint density at radius 1 is 0.569 bits per heavy atom. The highest BCUT2D eigenvalue weighted by atomic mass is 16.2. The predicted octanol–water partition coefficient (Wildman–Crippen LogP) is 7.47. The summed E-state index contributed by atoms with van der Waals surface area (Å²) in [4.78, 5) is 39.1. The van der Waals surface area contributed by atoms with Crippen molar-refractivity contribution in [2.45, 2.75) is 74.0 Å². The second-order valence-electron chi connectivity index (χ2n) is 19.3. The third kappa shape index (κ3) is 3.95. The first-order valence-corrected chi connectivity index (χ1v) is 22.5. The Morgan fingerprint density at radius 3 is 1.42 bits per heavy atom. The van der Waals surface area contributed by atoms with Gasteiger partial charge in [-0.1, -0.05) is 72.8 Å².